The zero-order valence-corrected chi connectivity index (χ0v) is 23.3. The highest BCUT2D eigenvalue weighted by Gasteiger charge is 2.37. The van der Waals surface area contributed by atoms with E-state index in [9.17, 15) is 4.79 Å². The van der Waals surface area contributed by atoms with Gasteiger partial charge in [-0.05, 0) is 85.0 Å². The van der Waals surface area contributed by atoms with Gasteiger partial charge in [0.2, 0.25) is 5.91 Å². The number of fused-ring (bicyclic) bond motifs is 1. The van der Waals surface area contributed by atoms with Crippen LogP contribution in [0.4, 0.5) is 11.4 Å². The largest absolute Gasteiger partial charge is 0.493 e. The SMILES string of the molecule is CC[C@@H](C)Oc1cc2c(cc1OC)CC(=O)N(c1ccc(N3CCOCC3)cc1C)C2c1ccc(Cl)cc1. The predicted octanol–water partition coefficient (Wildman–Crippen LogP) is 6.35. The van der Waals surface area contributed by atoms with Crippen LogP contribution in [0.2, 0.25) is 5.02 Å². The first-order valence-corrected chi connectivity index (χ1v) is 13.7. The number of hydrogen-bond acceptors (Lipinski definition) is 5. The van der Waals surface area contributed by atoms with Crippen LogP contribution in [-0.4, -0.2) is 45.4 Å². The number of methoxy groups -OCH3 is 1. The van der Waals surface area contributed by atoms with Crippen LogP contribution in [0.5, 0.6) is 11.5 Å². The standard InChI is InChI=1S/C31H35ClN2O4/c1-5-21(3)38-29-19-26-23(17-28(29)36-4)18-30(35)34(31(26)22-6-8-24(32)9-7-22)27-11-10-25(16-20(27)2)33-12-14-37-15-13-33/h6-11,16-17,19,21,31H,5,12-15,18H2,1-4H3/t21-,31?/m1/s1. The maximum absolute atomic E-state index is 13.9. The summed E-state index contributed by atoms with van der Waals surface area (Å²) in [5.74, 6) is 1.37. The Morgan fingerprint density at radius 3 is 2.45 bits per heavy atom. The van der Waals surface area contributed by atoms with Crippen molar-refractivity contribution in [1.82, 2.24) is 0 Å². The maximum atomic E-state index is 13.9. The van der Waals surface area contributed by atoms with E-state index in [1.54, 1.807) is 7.11 Å². The van der Waals surface area contributed by atoms with Crippen molar-refractivity contribution in [2.45, 2.75) is 45.8 Å². The first-order valence-electron chi connectivity index (χ1n) is 13.3. The zero-order chi connectivity index (χ0) is 26.8. The second-order valence-corrected chi connectivity index (χ2v) is 10.4. The van der Waals surface area contributed by atoms with Gasteiger partial charge in [-0.25, -0.2) is 0 Å². The van der Waals surface area contributed by atoms with Gasteiger partial charge >= 0.3 is 0 Å². The predicted molar refractivity (Wildman–Crippen MR) is 152 cm³/mol. The fourth-order valence-electron chi connectivity index (χ4n) is 5.28. The Bertz CT molecular complexity index is 1300. The summed E-state index contributed by atoms with van der Waals surface area (Å²) in [6.07, 6.45) is 1.19. The molecule has 0 bridgehead atoms. The smallest absolute Gasteiger partial charge is 0.232 e. The molecule has 6 nitrogen and oxygen atoms in total. The topological polar surface area (TPSA) is 51.2 Å². The summed E-state index contributed by atoms with van der Waals surface area (Å²) in [7, 11) is 1.64. The van der Waals surface area contributed by atoms with Crippen LogP contribution >= 0.6 is 11.6 Å². The Balaban J connectivity index is 1.62. The molecule has 0 aliphatic carbocycles. The summed E-state index contributed by atoms with van der Waals surface area (Å²) in [6.45, 7) is 9.40. The van der Waals surface area contributed by atoms with Crippen molar-refractivity contribution in [1.29, 1.82) is 0 Å². The zero-order valence-electron chi connectivity index (χ0n) is 22.5. The van der Waals surface area contributed by atoms with Gasteiger partial charge in [-0.1, -0.05) is 30.7 Å². The molecule has 1 saturated heterocycles. The molecule has 3 aromatic carbocycles. The molecule has 0 N–H and O–H groups in total. The van der Waals surface area contributed by atoms with Crippen molar-refractivity contribution in [2.75, 3.05) is 43.2 Å². The summed E-state index contributed by atoms with van der Waals surface area (Å²) >= 11 is 6.26. The Morgan fingerprint density at radius 1 is 1.05 bits per heavy atom. The van der Waals surface area contributed by atoms with Crippen LogP contribution in [-0.2, 0) is 16.0 Å². The number of nitrogens with zero attached hydrogens (tertiary/aromatic N) is 2. The number of morpholine rings is 1. The highest BCUT2D eigenvalue weighted by Crippen LogP contribution is 2.45. The van der Waals surface area contributed by atoms with Crippen LogP contribution in [0.3, 0.4) is 0 Å². The van der Waals surface area contributed by atoms with E-state index in [4.69, 9.17) is 25.8 Å². The normalized spacial score (nSPS) is 18.2. The molecule has 2 heterocycles. The Labute approximate surface area is 230 Å². The average molecular weight is 535 g/mol. The first-order chi connectivity index (χ1) is 18.4. The molecular weight excluding hydrogens is 500 g/mol. The number of hydrogen-bond donors (Lipinski definition) is 0. The fraction of sp³-hybridized carbons (Fsp3) is 0.387. The minimum atomic E-state index is -0.332. The van der Waals surface area contributed by atoms with Crippen molar-refractivity contribution < 1.29 is 19.0 Å². The summed E-state index contributed by atoms with van der Waals surface area (Å²) in [5, 5.41) is 0.657. The summed E-state index contributed by atoms with van der Waals surface area (Å²) in [5.41, 5.74) is 6.06. The van der Waals surface area contributed by atoms with Gasteiger partial charge in [0.05, 0.1) is 38.9 Å². The van der Waals surface area contributed by atoms with Crippen molar-refractivity contribution in [2.24, 2.45) is 0 Å². The second-order valence-electron chi connectivity index (χ2n) is 10.0. The van der Waals surface area contributed by atoms with Crippen LogP contribution in [0.1, 0.15) is 48.6 Å². The van der Waals surface area contributed by atoms with Gasteiger partial charge in [0.1, 0.15) is 0 Å². The second kappa shape index (κ2) is 11.3. The highest BCUT2D eigenvalue weighted by atomic mass is 35.5. The molecule has 5 rings (SSSR count). The lowest BCUT2D eigenvalue weighted by atomic mass is 9.86. The van der Waals surface area contributed by atoms with Crippen molar-refractivity contribution >= 4 is 28.9 Å². The first kappa shape index (κ1) is 26.4. The molecule has 2 aliphatic heterocycles. The molecule has 200 valence electrons. The lowest BCUT2D eigenvalue weighted by Crippen LogP contribution is -2.41. The van der Waals surface area contributed by atoms with E-state index in [1.807, 2.05) is 42.2 Å². The third-order valence-electron chi connectivity index (χ3n) is 7.49. The number of halogens is 1. The number of carbonyl (C=O) groups is 1. The Morgan fingerprint density at radius 2 is 1.79 bits per heavy atom. The summed E-state index contributed by atoms with van der Waals surface area (Å²) in [4.78, 5) is 18.1. The molecule has 0 spiro atoms. The van der Waals surface area contributed by atoms with Crippen molar-refractivity contribution in [3.8, 4) is 11.5 Å². The van der Waals surface area contributed by atoms with E-state index in [-0.39, 0.29) is 24.5 Å². The lowest BCUT2D eigenvalue weighted by Gasteiger charge is -2.39. The fourth-order valence-corrected chi connectivity index (χ4v) is 5.41. The van der Waals surface area contributed by atoms with Crippen LogP contribution in [0, 0.1) is 6.92 Å². The van der Waals surface area contributed by atoms with Crippen LogP contribution in [0.15, 0.2) is 54.6 Å². The summed E-state index contributed by atoms with van der Waals surface area (Å²) in [6, 6.07) is 17.8. The maximum Gasteiger partial charge on any atom is 0.232 e. The molecule has 1 fully saturated rings. The molecule has 0 radical (unpaired) electrons. The lowest BCUT2D eigenvalue weighted by molar-refractivity contribution is -0.118. The number of anilines is 2. The highest BCUT2D eigenvalue weighted by molar-refractivity contribution is 6.30. The number of amides is 1. The molecule has 7 heteroatoms. The van der Waals surface area contributed by atoms with E-state index in [1.165, 1.54) is 0 Å². The molecule has 2 aliphatic rings. The van der Waals surface area contributed by atoms with Crippen molar-refractivity contribution in [3.05, 3.63) is 81.9 Å². The van der Waals surface area contributed by atoms with Crippen LogP contribution in [0.25, 0.3) is 0 Å². The van der Waals surface area contributed by atoms with Gasteiger partial charge in [-0.15, -0.1) is 0 Å². The third-order valence-corrected chi connectivity index (χ3v) is 7.75. The molecule has 0 saturated carbocycles. The minimum absolute atomic E-state index is 0.0345. The number of benzene rings is 3. The van der Waals surface area contributed by atoms with Gasteiger partial charge < -0.3 is 24.0 Å². The Kier molecular flexibility index (Phi) is 7.82. The van der Waals surface area contributed by atoms with Gasteiger partial charge in [0.15, 0.2) is 11.5 Å². The van der Waals surface area contributed by atoms with Gasteiger partial charge in [-0.2, -0.15) is 0 Å². The third kappa shape index (κ3) is 5.20. The van der Waals surface area contributed by atoms with Gasteiger partial charge in [0.25, 0.3) is 0 Å². The number of ether oxygens (including phenoxy) is 3. The number of carbonyl (C=O) groups excluding carboxylic acids is 1. The monoisotopic (exact) mass is 534 g/mol. The molecule has 3 aromatic rings. The number of rotatable bonds is 7. The molecular formula is C31H35ClN2O4. The van der Waals surface area contributed by atoms with E-state index >= 15 is 0 Å². The Hall–Kier alpha value is -3.22. The summed E-state index contributed by atoms with van der Waals surface area (Å²) < 4.78 is 17.5. The van der Waals surface area contributed by atoms with Crippen LogP contribution < -0.4 is 19.3 Å². The molecule has 38 heavy (non-hydrogen) atoms. The van der Waals surface area contributed by atoms with Crippen molar-refractivity contribution in [3.63, 3.8) is 0 Å². The quantitative estimate of drug-likeness (QED) is 0.353. The van der Waals surface area contributed by atoms with E-state index < -0.39 is 0 Å². The number of aryl methyl sites for hydroxylation is 1. The molecule has 1 unspecified atom stereocenters. The van der Waals surface area contributed by atoms with Gasteiger partial charge in [-0.3, -0.25) is 4.79 Å². The van der Waals surface area contributed by atoms with Gasteiger partial charge in [0, 0.05) is 29.5 Å². The molecule has 0 aromatic heterocycles. The molecule has 2 atom stereocenters. The minimum Gasteiger partial charge on any atom is -0.493 e. The van der Waals surface area contributed by atoms with E-state index in [0.717, 1.165) is 66.4 Å². The van der Waals surface area contributed by atoms with E-state index in [0.29, 0.717) is 16.5 Å². The average Bonchev–Trinajstić information content (AvgIpc) is 2.93. The molecule has 1 amide bonds. The van der Waals surface area contributed by atoms with E-state index in [2.05, 4.69) is 43.0 Å².